The van der Waals surface area contributed by atoms with Crippen molar-refractivity contribution in [3.05, 3.63) is 90.0 Å². The SMILES string of the molecule is O=C(NCc1cccc(-c2ccc(CC3SC(=O)NC3=O)cc2)c1)Nc1ccccc1. The van der Waals surface area contributed by atoms with Crippen LogP contribution in [0.4, 0.5) is 15.3 Å². The predicted octanol–water partition coefficient (Wildman–Crippen LogP) is 4.57. The monoisotopic (exact) mass is 431 g/mol. The van der Waals surface area contributed by atoms with Gasteiger partial charge in [-0.1, -0.05) is 72.4 Å². The van der Waals surface area contributed by atoms with Crippen LogP contribution in [0.2, 0.25) is 0 Å². The van der Waals surface area contributed by atoms with Crippen molar-refractivity contribution in [1.82, 2.24) is 10.6 Å². The molecule has 3 aromatic rings. The van der Waals surface area contributed by atoms with Crippen molar-refractivity contribution in [3.63, 3.8) is 0 Å². The van der Waals surface area contributed by atoms with Crippen LogP contribution in [0, 0.1) is 0 Å². The van der Waals surface area contributed by atoms with Crippen molar-refractivity contribution in [2.75, 3.05) is 5.32 Å². The molecule has 156 valence electrons. The van der Waals surface area contributed by atoms with Gasteiger partial charge in [0, 0.05) is 12.2 Å². The molecule has 0 saturated carbocycles. The third kappa shape index (κ3) is 5.52. The van der Waals surface area contributed by atoms with E-state index < -0.39 is 0 Å². The highest BCUT2D eigenvalue weighted by atomic mass is 32.2. The number of nitrogens with one attached hydrogen (secondary N) is 3. The topological polar surface area (TPSA) is 87.3 Å². The maximum Gasteiger partial charge on any atom is 0.319 e. The van der Waals surface area contributed by atoms with Crippen molar-refractivity contribution in [1.29, 1.82) is 0 Å². The summed E-state index contributed by atoms with van der Waals surface area (Å²) in [6.45, 7) is 0.409. The Morgan fingerprint density at radius 3 is 2.35 bits per heavy atom. The minimum absolute atomic E-state index is 0.226. The lowest BCUT2D eigenvalue weighted by Crippen LogP contribution is -2.28. The highest BCUT2D eigenvalue weighted by Crippen LogP contribution is 2.25. The van der Waals surface area contributed by atoms with E-state index in [4.69, 9.17) is 0 Å². The lowest BCUT2D eigenvalue weighted by molar-refractivity contribution is -0.118. The first-order valence-corrected chi connectivity index (χ1v) is 10.7. The van der Waals surface area contributed by atoms with Crippen LogP contribution in [0.5, 0.6) is 0 Å². The van der Waals surface area contributed by atoms with Gasteiger partial charge in [-0.3, -0.25) is 14.9 Å². The Hall–Kier alpha value is -3.58. The van der Waals surface area contributed by atoms with Gasteiger partial charge >= 0.3 is 6.03 Å². The zero-order valence-electron chi connectivity index (χ0n) is 16.6. The molecule has 1 fully saturated rings. The molecule has 1 saturated heterocycles. The summed E-state index contributed by atoms with van der Waals surface area (Å²) < 4.78 is 0. The molecule has 0 radical (unpaired) electrons. The average molecular weight is 432 g/mol. The highest BCUT2D eigenvalue weighted by Gasteiger charge is 2.31. The van der Waals surface area contributed by atoms with Gasteiger partial charge < -0.3 is 10.6 Å². The van der Waals surface area contributed by atoms with Crippen molar-refractivity contribution in [3.8, 4) is 11.1 Å². The summed E-state index contributed by atoms with van der Waals surface area (Å²) >= 11 is 1.04. The van der Waals surface area contributed by atoms with E-state index in [0.717, 1.165) is 39.7 Å². The van der Waals surface area contributed by atoms with Crippen LogP contribution in [0.3, 0.4) is 0 Å². The number of hydrogen-bond donors (Lipinski definition) is 3. The molecule has 0 aromatic heterocycles. The summed E-state index contributed by atoms with van der Waals surface area (Å²) in [7, 11) is 0. The fraction of sp³-hybridized carbons (Fsp3) is 0.125. The number of anilines is 1. The van der Waals surface area contributed by atoms with Crippen LogP contribution in [0.1, 0.15) is 11.1 Å². The van der Waals surface area contributed by atoms with Crippen molar-refractivity contribution < 1.29 is 14.4 Å². The van der Waals surface area contributed by atoms with E-state index in [0.29, 0.717) is 13.0 Å². The number of rotatable bonds is 6. The molecule has 3 N–H and O–H groups in total. The van der Waals surface area contributed by atoms with Gasteiger partial charge in [-0.15, -0.1) is 0 Å². The normalized spacial score (nSPS) is 15.4. The second-order valence-corrected chi connectivity index (χ2v) is 8.33. The smallest absolute Gasteiger partial charge is 0.319 e. The molecule has 6 nitrogen and oxygen atoms in total. The minimum Gasteiger partial charge on any atom is -0.334 e. The Morgan fingerprint density at radius 1 is 0.871 bits per heavy atom. The molecule has 1 heterocycles. The summed E-state index contributed by atoms with van der Waals surface area (Å²) in [4.78, 5) is 35.1. The number of carbonyl (C=O) groups excluding carboxylic acids is 3. The lowest BCUT2D eigenvalue weighted by Gasteiger charge is -2.10. The van der Waals surface area contributed by atoms with Gasteiger partial charge in [0.25, 0.3) is 5.24 Å². The Bertz CT molecular complexity index is 1100. The molecule has 1 atom stereocenters. The molecule has 0 spiro atoms. The quantitative estimate of drug-likeness (QED) is 0.534. The molecule has 31 heavy (non-hydrogen) atoms. The number of para-hydroxylation sites is 1. The first kappa shape index (κ1) is 20.7. The number of hydrogen-bond acceptors (Lipinski definition) is 4. The van der Waals surface area contributed by atoms with Crippen LogP contribution < -0.4 is 16.0 Å². The fourth-order valence-electron chi connectivity index (χ4n) is 3.31. The van der Waals surface area contributed by atoms with Gasteiger partial charge in [-0.25, -0.2) is 4.79 Å². The van der Waals surface area contributed by atoms with Crippen molar-refractivity contribution in [2.45, 2.75) is 18.2 Å². The molecule has 0 bridgehead atoms. The van der Waals surface area contributed by atoms with Crippen LogP contribution in [-0.4, -0.2) is 22.4 Å². The van der Waals surface area contributed by atoms with E-state index in [1.54, 1.807) is 0 Å². The third-order valence-corrected chi connectivity index (χ3v) is 5.87. The van der Waals surface area contributed by atoms with Crippen molar-refractivity contribution in [2.24, 2.45) is 0 Å². The predicted molar refractivity (Wildman–Crippen MR) is 123 cm³/mol. The van der Waals surface area contributed by atoms with Gasteiger partial charge in [0.1, 0.15) is 0 Å². The molecule has 1 aliphatic heterocycles. The largest absolute Gasteiger partial charge is 0.334 e. The molecule has 4 amide bonds. The third-order valence-electron chi connectivity index (χ3n) is 4.89. The molecule has 4 rings (SSSR count). The van der Waals surface area contributed by atoms with Crippen LogP contribution in [0.15, 0.2) is 78.9 Å². The zero-order valence-corrected chi connectivity index (χ0v) is 17.4. The van der Waals surface area contributed by atoms with Gasteiger partial charge in [-0.2, -0.15) is 0 Å². The average Bonchev–Trinajstić information content (AvgIpc) is 3.10. The van der Waals surface area contributed by atoms with E-state index in [1.807, 2.05) is 78.9 Å². The second-order valence-electron chi connectivity index (χ2n) is 7.16. The first-order chi connectivity index (χ1) is 15.1. The van der Waals surface area contributed by atoms with Gasteiger partial charge in [0.05, 0.1) is 5.25 Å². The summed E-state index contributed by atoms with van der Waals surface area (Å²) in [5.74, 6) is -0.226. The van der Waals surface area contributed by atoms with Gasteiger partial charge in [-0.05, 0) is 46.9 Å². The number of urea groups is 1. The second kappa shape index (κ2) is 9.49. The molecule has 3 aromatic carbocycles. The molecule has 1 aliphatic rings. The Labute approximate surface area is 184 Å². The Balaban J connectivity index is 1.36. The van der Waals surface area contributed by atoms with Crippen LogP contribution >= 0.6 is 11.8 Å². The lowest BCUT2D eigenvalue weighted by atomic mass is 10.0. The van der Waals surface area contributed by atoms with E-state index >= 15 is 0 Å². The first-order valence-electron chi connectivity index (χ1n) is 9.86. The zero-order chi connectivity index (χ0) is 21.6. The van der Waals surface area contributed by atoms with E-state index in [-0.39, 0.29) is 22.4 Å². The van der Waals surface area contributed by atoms with Crippen LogP contribution in [-0.2, 0) is 17.8 Å². The number of carbonyl (C=O) groups is 3. The standard InChI is InChI=1S/C24H21N3O3S/c28-22-21(31-24(30)27-22)14-16-9-11-18(12-10-16)19-6-4-5-17(13-19)15-25-23(29)26-20-7-2-1-3-8-20/h1-13,21H,14-15H2,(H2,25,26,29)(H,27,28,30). The molecule has 0 aliphatic carbocycles. The highest BCUT2D eigenvalue weighted by molar-refractivity contribution is 8.15. The van der Waals surface area contributed by atoms with E-state index in [9.17, 15) is 14.4 Å². The fourth-order valence-corrected chi connectivity index (χ4v) is 4.17. The van der Waals surface area contributed by atoms with E-state index in [2.05, 4.69) is 16.0 Å². The summed E-state index contributed by atoms with van der Waals surface area (Å²) in [5.41, 5.74) is 4.81. The number of imide groups is 1. The summed E-state index contributed by atoms with van der Waals surface area (Å²) in [5, 5.41) is 7.33. The molecular weight excluding hydrogens is 410 g/mol. The summed E-state index contributed by atoms with van der Waals surface area (Å²) in [6, 6.07) is 25.0. The van der Waals surface area contributed by atoms with Crippen molar-refractivity contribution >= 4 is 34.6 Å². The Kier molecular flexibility index (Phi) is 6.33. The van der Waals surface area contributed by atoms with E-state index in [1.165, 1.54) is 0 Å². The van der Waals surface area contributed by atoms with Gasteiger partial charge in [0.2, 0.25) is 5.91 Å². The molecule has 7 heteroatoms. The number of benzene rings is 3. The number of thioether (sulfide) groups is 1. The Morgan fingerprint density at radius 2 is 1.65 bits per heavy atom. The van der Waals surface area contributed by atoms with Gasteiger partial charge in [0.15, 0.2) is 0 Å². The molecular formula is C24H21N3O3S. The molecule has 1 unspecified atom stereocenters. The number of amides is 4. The maximum absolute atomic E-state index is 12.1. The minimum atomic E-state index is -0.366. The maximum atomic E-state index is 12.1. The summed E-state index contributed by atoms with van der Waals surface area (Å²) in [6.07, 6.45) is 0.517. The van der Waals surface area contributed by atoms with Crippen LogP contribution in [0.25, 0.3) is 11.1 Å².